The molecule has 1 atom stereocenters. The number of thiophene rings is 1. The maximum atomic E-state index is 11.2. The summed E-state index contributed by atoms with van der Waals surface area (Å²) in [6.45, 7) is -2.39. The quantitative estimate of drug-likeness (QED) is 0.630. The molecule has 0 amide bonds. The van der Waals surface area contributed by atoms with Gasteiger partial charge in [0, 0.05) is 4.88 Å². The molecule has 4 N–H and O–H groups in total. The van der Waals surface area contributed by atoms with Crippen LogP contribution in [0.4, 0.5) is 0 Å². The standard InChI is InChI=1S/C6H10O5P2S2/c1-4-2-3-15-5(4)6(12(7,8)9)13(10,11)14/h2-3,6H,1H3,(H2,7,8,9)(H2,10,11,14). The molecule has 1 aromatic rings. The summed E-state index contributed by atoms with van der Waals surface area (Å²) in [7, 11) is -4.66. The first-order chi connectivity index (χ1) is 6.64. The van der Waals surface area contributed by atoms with Gasteiger partial charge in [-0.05, 0) is 35.7 Å². The molecule has 15 heavy (non-hydrogen) atoms. The van der Waals surface area contributed by atoms with E-state index in [-0.39, 0.29) is 4.88 Å². The highest BCUT2D eigenvalue weighted by atomic mass is 32.5. The molecular formula is C6H10O5P2S2. The smallest absolute Gasteiger partial charge is 0.343 e. The molecule has 1 aromatic heterocycles. The lowest BCUT2D eigenvalue weighted by atomic mass is 10.3. The van der Waals surface area contributed by atoms with Crippen LogP contribution in [0.5, 0.6) is 0 Å². The highest BCUT2D eigenvalue weighted by Gasteiger charge is 2.42. The SMILES string of the molecule is Cc1ccsc1C(P(=O)(O)O)P(O)(O)=S. The van der Waals surface area contributed by atoms with Crippen molar-refractivity contribution in [2.75, 3.05) is 0 Å². The second-order valence-corrected chi connectivity index (χ2v) is 9.38. The predicted octanol–water partition coefficient (Wildman–Crippen LogP) is 1.53. The van der Waals surface area contributed by atoms with Crippen molar-refractivity contribution in [2.24, 2.45) is 0 Å². The van der Waals surface area contributed by atoms with E-state index < -0.39 is 19.5 Å². The van der Waals surface area contributed by atoms with Crippen molar-refractivity contribution in [3.8, 4) is 0 Å². The van der Waals surface area contributed by atoms with E-state index >= 15 is 0 Å². The maximum absolute atomic E-state index is 11.2. The molecule has 0 saturated heterocycles. The van der Waals surface area contributed by atoms with E-state index in [2.05, 4.69) is 11.8 Å². The van der Waals surface area contributed by atoms with Gasteiger partial charge < -0.3 is 19.6 Å². The van der Waals surface area contributed by atoms with Gasteiger partial charge in [-0.15, -0.1) is 11.3 Å². The Labute approximate surface area is 95.7 Å². The lowest BCUT2D eigenvalue weighted by molar-refractivity contribution is 0.363. The topological polar surface area (TPSA) is 98.0 Å². The zero-order valence-electron chi connectivity index (χ0n) is 7.64. The van der Waals surface area contributed by atoms with Gasteiger partial charge in [0.25, 0.3) is 0 Å². The van der Waals surface area contributed by atoms with Gasteiger partial charge in [-0.3, -0.25) is 4.57 Å². The Morgan fingerprint density at radius 1 is 1.40 bits per heavy atom. The minimum Gasteiger partial charge on any atom is -0.344 e. The number of hydrogen-bond acceptors (Lipinski definition) is 3. The molecule has 1 heterocycles. The van der Waals surface area contributed by atoms with Crippen LogP contribution in [0.3, 0.4) is 0 Å². The van der Waals surface area contributed by atoms with Crippen molar-refractivity contribution in [3.63, 3.8) is 0 Å². The molecule has 0 aromatic carbocycles. The van der Waals surface area contributed by atoms with Crippen LogP contribution in [0.2, 0.25) is 0 Å². The third-order valence-corrected chi connectivity index (χ3v) is 7.97. The molecular weight excluding hydrogens is 278 g/mol. The zero-order valence-corrected chi connectivity index (χ0v) is 11.1. The molecule has 0 fully saturated rings. The van der Waals surface area contributed by atoms with Crippen LogP contribution in [-0.2, 0) is 16.4 Å². The van der Waals surface area contributed by atoms with Gasteiger partial charge in [0.15, 0.2) is 5.40 Å². The molecule has 0 radical (unpaired) electrons. The Bertz CT molecular complexity index is 422. The second kappa shape index (κ2) is 4.35. The summed E-state index contributed by atoms with van der Waals surface area (Å²) < 4.78 is 11.2. The first-order valence-corrected chi connectivity index (χ1v) is 9.12. The zero-order chi connectivity index (χ0) is 11.9. The van der Waals surface area contributed by atoms with Crippen LogP contribution in [0.1, 0.15) is 15.8 Å². The van der Waals surface area contributed by atoms with E-state index in [1.165, 1.54) is 0 Å². The van der Waals surface area contributed by atoms with Gasteiger partial charge in [-0.2, -0.15) is 0 Å². The number of hydrogen-bond donors (Lipinski definition) is 4. The third kappa shape index (κ3) is 3.19. The van der Waals surface area contributed by atoms with E-state index in [0.717, 1.165) is 11.3 Å². The summed E-state index contributed by atoms with van der Waals surface area (Å²) in [4.78, 5) is 37.0. The Morgan fingerprint density at radius 2 is 1.93 bits per heavy atom. The highest BCUT2D eigenvalue weighted by molar-refractivity contribution is 8.11. The fourth-order valence-electron chi connectivity index (χ4n) is 1.15. The lowest BCUT2D eigenvalue weighted by Gasteiger charge is -2.21. The summed E-state index contributed by atoms with van der Waals surface area (Å²) >= 11 is 5.46. The summed E-state index contributed by atoms with van der Waals surface area (Å²) in [6.07, 6.45) is 0. The largest absolute Gasteiger partial charge is 0.344 e. The van der Waals surface area contributed by atoms with Crippen molar-refractivity contribution in [1.82, 2.24) is 0 Å². The van der Waals surface area contributed by atoms with E-state index in [4.69, 9.17) is 9.79 Å². The third-order valence-electron chi connectivity index (χ3n) is 1.77. The average molecular weight is 288 g/mol. The molecule has 0 spiro atoms. The van der Waals surface area contributed by atoms with Crippen LogP contribution < -0.4 is 0 Å². The molecule has 1 unspecified atom stereocenters. The van der Waals surface area contributed by atoms with Crippen molar-refractivity contribution < 1.29 is 24.1 Å². The van der Waals surface area contributed by atoms with Crippen LogP contribution in [0.25, 0.3) is 0 Å². The maximum Gasteiger partial charge on any atom is 0.343 e. The first kappa shape index (κ1) is 13.5. The second-order valence-electron chi connectivity index (χ2n) is 3.02. The van der Waals surface area contributed by atoms with Gasteiger partial charge in [0.1, 0.15) is 0 Å². The van der Waals surface area contributed by atoms with E-state index in [0.29, 0.717) is 5.56 Å². The Hall–Kier alpha value is 0.420. The normalized spacial score (nSPS) is 15.3. The Morgan fingerprint density at radius 3 is 2.20 bits per heavy atom. The van der Waals surface area contributed by atoms with Gasteiger partial charge >= 0.3 is 7.60 Å². The van der Waals surface area contributed by atoms with Crippen LogP contribution in [-0.4, -0.2) is 19.6 Å². The molecule has 1 rings (SSSR count). The van der Waals surface area contributed by atoms with Gasteiger partial charge in [-0.1, -0.05) is 0 Å². The van der Waals surface area contributed by atoms with Gasteiger partial charge in [0.2, 0.25) is 6.49 Å². The van der Waals surface area contributed by atoms with Crippen LogP contribution in [0.15, 0.2) is 11.4 Å². The van der Waals surface area contributed by atoms with Crippen LogP contribution >= 0.6 is 25.4 Å². The molecule has 5 nitrogen and oxygen atoms in total. The number of rotatable bonds is 3. The van der Waals surface area contributed by atoms with E-state index in [9.17, 15) is 14.4 Å². The summed E-state index contributed by atoms with van der Waals surface area (Å²) in [5.41, 5.74) is 0.602. The Balaban J connectivity index is 3.33. The predicted molar refractivity (Wildman–Crippen MR) is 62.6 cm³/mol. The average Bonchev–Trinajstić information content (AvgIpc) is 2.30. The fourth-order valence-corrected chi connectivity index (χ4v) is 7.37. The van der Waals surface area contributed by atoms with E-state index in [1.807, 2.05) is 0 Å². The van der Waals surface area contributed by atoms with Crippen LogP contribution in [0, 0.1) is 6.92 Å². The molecule has 0 aliphatic carbocycles. The molecule has 0 saturated carbocycles. The highest BCUT2D eigenvalue weighted by Crippen LogP contribution is 2.71. The molecule has 0 bridgehead atoms. The van der Waals surface area contributed by atoms with Crippen molar-refractivity contribution >= 4 is 37.2 Å². The minimum absolute atomic E-state index is 0.247. The summed E-state index contributed by atoms with van der Waals surface area (Å²) in [5.74, 6) is 0. The summed E-state index contributed by atoms with van der Waals surface area (Å²) in [6, 6.07) is 1.65. The lowest BCUT2D eigenvalue weighted by Crippen LogP contribution is -2.00. The van der Waals surface area contributed by atoms with Crippen molar-refractivity contribution in [2.45, 2.75) is 12.3 Å². The van der Waals surface area contributed by atoms with Crippen molar-refractivity contribution in [3.05, 3.63) is 21.9 Å². The molecule has 0 aliphatic heterocycles. The monoisotopic (exact) mass is 288 g/mol. The molecule has 86 valence electrons. The molecule has 0 aliphatic rings. The summed E-state index contributed by atoms with van der Waals surface area (Å²) in [5, 5.41) is -0.0433. The van der Waals surface area contributed by atoms with Crippen molar-refractivity contribution in [1.29, 1.82) is 0 Å². The number of aryl methyl sites for hydroxylation is 1. The Kier molecular flexibility index (Phi) is 3.92. The van der Waals surface area contributed by atoms with E-state index in [1.54, 1.807) is 18.4 Å². The van der Waals surface area contributed by atoms with Gasteiger partial charge in [-0.25, -0.2) is 0 Å². The minimum atomic E-state index is -4.66. The molecule has 9 heteroatoms. The van der Waals surface area contributed by atoms with Gasteiger partial charge in [0.05, 0.1) is 0 Å². The fraction of sp³-hybridized carbons (Fsp3) is 0.333. The first-order valence-electron chi connectivity index (χ1n) is 3.78.